The maximum absolute atomic E-state index is 10.0. The van der Waals surface area contributed by atoms with Crippen molar-refractivity contribution >= 4 is 11.3 Å². The molecular weight excluding hydrogens is 158 g/mol. The summed E-state index contributed by atoms with van der Waals surface area (Å²) >= 11 is -2.10. The van der Waals surface area contributed by atoms with Gasteiger partial charge in [0.25, 0.3) is 0 Å². The van der Waals surface area contributed by atoms with E-state index in [9.17, 15) is 4.21 Å². The number of hydrogen-bond acceptors (Lipinski definition) is 3. The Kier molecular flexibility index (Phi) is 4.75. The molecule has 0 saturated carbocycles. The van der Waals surface area contributed by atoms with Crippen LogP contribution in [0.5, 0.6) is 0 Å². The van der Waals surface area contributed by atoms with Crippen molar-refractivity contribution in [2.45, 2.75) is 26.4 Å². The van der Waals surface area contributed by atoms with Gasteiger partial charge in [-0.25, -0.2) is 4.21 Å². The molecule has 0 fully saturated rings. The van der Waals surface area contributed by atoms with Gasteiger partial charge in [-0.15, -0.1) is 0 Å². The lowest BCUT2D eigenvalue weighted by Gasteiger charge is -2.13. The average Bonchev–Trinajstić information content (AvgIpc) is 1.58. The average molecular weight is 169 g/mol. The molecule has 3 atom stereocenters. The van der Waals surface area contributed by atoms with Crippen molar-refractivity contribution in [3.8, 4) is 0 Å². The van der Waals surface area contributed by atoms with Crippen LogP contribution in [0.4, 0.5) is 0 Å². The van der Waals surface area contributed by atoms with Gasteiger partial charge in [0.15, 0.2) is 6.29 Å². The van der Waals surface area contributed by atoms with Gasteiger partial charge < -0.3 is 9.84 Å². The number of aliphatic hydroxyl groups is 1. The smallest absolute Gasteiger partial charge is 0.233 e. The number of hydrogen-bond donors (Lipinski definition) is 3. The van der Waals surface area contributed by atoms with Crippen LogP contribution in [0.2, 0.25) is 0 Å². The molecule has 0 radical (unpaired) electrons. The van der Waals surface area contributed by atoms with Gasteiger partial charge in [-0.1, -0.05) is 0 Å². The molecular formula is C4H11NO4S. The Labute approximate surface area is 61.8 Å². The predicted molar refractivity (Wildman–Crippen MR) is 36.1 cm³/mol. The highest BCUT2D eigenvalue weighted by atomic mass is 32.2. The molecule has 0 aliphatic heterocycles. The molecule has 0 aromatic rings. The Hall–Kier alpha value is -0.0100. The highest BCUT2D eigenvalue weighted by Gasteiger charge is 2.06. The van der Waals surface area contributed by atoms with Crippen LogP contribution in [-0.4, -0.2) is 26.4 Å². The first-order valence-corrected chi connectivity index (χ1v) is 3.83. The van der Waals surface area contributed by atoms with E-state index in [2.05, 4.69) is 9.46 Å². The summed E-state index contributed by atoms with van der Waals surface area (Å²) in [6, 6.07) is 0. The van der Waals surface area contributed by atoms with Crippen molar-refractivity contribution in [2.24, 2.45) is 0 Å². The number of nitrogens with one attached hydrogen (secondary N) is 1. The normalized spacial score (nSPS) is 20.0. The van der Waals surface area contributed by atoms with Crippen molar-refractivity contribution in [3.63, 3.8) is 0 Å². The Morgan fingerprint density at radius 1 is 1.60 bits per heavy atom. The molecule has 0 bridgehead atoms. The Balaban J connectivity index is 3.43. The van der Waals surface area contributed by atoms with Gasteiger partial charge in [-0.3, -0.25) is 4.55 Å². The molecule has 0 aromatic carbocycles. The molecule has 0 saturated heterocycles. The first kappa shape index (κ1) is 9.99. The lowest BCUT2D eigenvalue weighted by molar-refractivity contribution is -0.120. The fourth-order valence-corrected chi connectivity index (χ4v) is 0.805. The molecule has 0 aliphatic rings. The van der Waals surface area contributed by atoms with E-state index >= 15 is 0 Å². The summed E-state index contributed by atoms with van der Waals surface area (Å²) < 4.78 is 25.0. The molecule has 3 unspecified atom stereocenters. The van der Waals surface area contributed by atoms with E-state index in [1.165, 1.54) is 13.8 Å². The topological polar surface area (TPSA) is 78.8 Å². The Bertz CT molecular complexity index is 118. The second-order valence-corrected chi connectivity index (χ2v) is 2.48. The summed E-state index contributed by atoms with van der Waals surface area (Å²) in [5, 5.41) is 8.59. The second-order valence-electron chi connectivity index (χ2n) is 1.74. The molecule has 0 rings (SSSR count). The first-order chi connectivity index (χ1) is 4.52. The highest BCUT2D eigenvalue weighted by molar-refractivity contribution is 7.77. The second kappa shape index (κ2) is 4.75. The number of rotatable bonds is 4. The summed E-state index contributed by atoms with van der Waals surface area (Å²) in [4.78, 5) is 0. The Morgan fingerprint density at radius 2 is 2.10 bits per heavy atom. The van der Waals surface area contributed by atoms with Gasteiger partial charge in [0.05, 0.1) is 0 Å². The maximum atomic E-state index is 10.0. The van der Waals surface area contributed by atoms with Crippen LogP contribution in [0, 0.1) is 0 Å². The zero-order chi connectivity index (χ0) is 8.15. The molecule has 0 amide bonds. The molecule has 0 heterocycles. The summed E-state index contributed by atoms with van der Waals surface area (Å²) in [7, 11) is 0. The number of aliphatic hydroxyl groups excluding tert-OH is 1. The Morgan fingerprint density at radius 3 is 2.40 bits per heavy atom. The van der Waals surface area contributed by atoms with Crippen molar-refractivity contribution in [1.82, 2.24) is 4.72 Å². The lowest BCUT2D eigenvalue weighted by atomic mass is 10.7. The van der Waals surface area contributed by atoms with Crippen molar-refractivity contribution in [3.05, 3.63) is 0 Å². The van der Waals surface area contributed by atoms with E-state index in [0.29, 0.717) is 0 Å². The standard InChI is InChI=1S/C4H11NO4S/c1-3(5-10(7)8)9-4(2)6/h3-6H,1-2H3,(H,7,8). The van der Waals surface area contributed by atoms with Crippen LogP contribution in [-0.2, 0) is 16.0 Å². The fraction of sp³-hybridized carbons (Fsp3) is 1.00. The predicted octanol–water partition coefficient (Wildman–Crippen LogP) is -0.586. The van der Waals surface area contributed by atoms with Gasteiger partial charge >= 0.3 is 0 Å². The molecule has 6 heteroatoms. The molecule has 0 aromatic heterocycles. The summed E-state index contributed by atoms with van der Waals surface area (Å²) in [6.45, 7) is 2.93. The van der Waals surface area contributed by atoms with E-state index < -0.39 is 23.8 Å². The monoisotopic (exact) mass is 169 g/mol. The van der Waals surface area contributed by atoms with Gasteiger partial charge in [0, 0.05) is 0 Å². The minimum absolute atomic E-state index is 0.633. The lowest BCUT2D eigenvalue weighted by Crippen LogP contribution is -2.32. The van der Waals surface area contributed by atoms with Crippen LogP contribution < -0.4 is 4.72 Å². The molecule has 5 nitrogen and oxygen atoms in total. The zero-order valence-electron chi connectivity index (χ0n) is 5.77. The van der Waals surface area contributed by atoms with Crippen LogP contribution in [0.1, 0.15) is 13.8 Å². The third-order valence-electron chi connectivity index (χ3n) is 0.668. The largest absolute Gasteiger partial charge is 0.368 e. The van der Waals surface area contributed by atoms with Crippen LogP contribution >= 0.6 is 0 Å². The summed E-state index contributed by atoms with van der Waals surface area (Å²) in [6.07, 6.45) is -1.57. The molecule has 0 aliphatic carbocycles. The van der Waals surface area contributed by atoms with E-state index in [1.54, 1.807) is 0 Å². The van der Waals surface area contributed by atoms with Crippen LogP contribution in [0.15, 0.2) is 0 Å². The van der Waals surface area contributed by atoms with E-state index in [4.69, 9.17) is 9.66 Å². The third-order valence-corrected chi connectivity index (χ3v) is 1.20. The molecule has 10 heavy (non-hydrogen) atoms. The van der Waals surface area contributed by atoms with Gasteiger partial charge in [-0.2, -0.15) is 4.72 Å². The van der Waals surface area contributed by atoms with Gasteiger partial charge in [0.2, 0.25) is 11.3 Å². The third kappa shape index (κ3) is 6.12. The summed E-state index contributed by atoms with van der Waals surface area (Å²) in [5.41, 5.74) is 0. The molecule has 0 spiro atoms. The minimum Gasteiger partial charge on any atom is -0.368 e. The van der Waals surface area contributed by atoms with Crippen molar-refractivity contribution in [2.75, 3.05) is 0 Å². The van der Waals surface area contributed by atoms with Crippen molar-refractivity contribution < 1.29 is 18.6 Å². The van der Waals surface area contributed by atoms with Crippen LogP contribution in [0.25, 0.3) is 0 Å². The number of ether oxygens (including phenoxy) is 1. The van der Waals surface area contributed by atoms with Gasteiger partial charge in [0.1, 0.15) is 6.23 Å². The van der Waals surface area contributed by atoms with E-state index in [-0.39, 0.29) is 0 Å². The minimum atomic E-state index is -2.10. The van der Waals surface area contributed by atoms with Gasteiger partial charge in [-0.05, 0) is 13.8 Å². The molecule has 62 valence electrons. The fourth-order valence-electron chi connectivity index (χ4n) is 0.465. The SMILES string of the molecule is CC(O)OC(C)NS(=O)O. The zero-order valence-corrected chi connectivity index (χ0v) is 6.59. The maximum Gasteiger partial charge on any atom is 0.233 e. The first-order valence-electron chi connectivity index (χ1n) is 2.73. The van der Waals surface area contributed by atoms with E-state index in [0.717, 1.165) is 0 Å². The van der Waals surface area contributed by atoms with Crippen LogP contribution in [0.3, 0.4) is 0 Å². The summed E-state index contributed by atoms with van der Waals surface area (Å²) in [5.74, 6) is 0. The van der Waals surface area contributed by atoms with Crippen molar-refractivity contribution in [1.29, 1.82) is 0 Å². The van der Waals surface area contributed by atoms with E-state index in [1.807, 2.05) is 0 Å². The molecule has 3 N–H and O–H groups in total. The quantitative estimate of drug-likeness (QED) is 0.388. The highest BCUT2D eigenvalue weighted by Crippen LogP contribution is 1.90.